The number of hydrogen-bond acceptors (Lipinski definition) is 4. The van der Waals surface area contributed by atoms with E-state index in [4.69, 9.17) is 5.73 Å². The second-order valence-electron chi connectivity index (χ2n) is 7.49. The summed E-state index contributed by atoms with van der Waals surface area (Å²) in [6.45, 7) is -0.150. The highest BCUT2D eigenvalue weighted by Crippen LogP contribution is 2.22. The van der Waals surface area contributed by atoms with Crippen LogP contribution in [0.1, 0.15) is 34.3 Å². The second kappa shape index (κ2) is 9.93. The SMILES string of the molecule is NC(=O)C1CCCN1Cc1cccc(NC(=O)c2ccc(COCC(F)(F)F)cc2)c1. The molecule has 0 radical (unpaired) electrons. The van der Waals surface area contributed by atoms with Crippen LogP contribution >= 0.6 is 0 Å². The fourth-order valence-corrected chi connectivity index (χ4v) is 3.56. The van der Waals surface area contributed by atoms with Crippen molar-refractivity contribution in [3.63, 3.8) is 0 Å². The van der Waals surface area contributed by atoms with E-state index >= 15 is 0 Å². The van der Waals surface area contributed by atoms with Crippen molar-refractivity contribution in [2.45, 2.75) is 38.2 Å². The summed E-state index contributed by atoms with van der Waals surface area (Å²) in [4.78, 5) is 26.1. The van der Waals surface area contributed by atoms with Gasteiger partial charge < -0.3 is 15.8 Å². The molecule has 1 aliphatic rings. The Balaban J connectivity index is 1.57. The zero-order valence-electron chi connectivity index (χ0n) is 16.8. The minimum absolute atomic E-state index is 0.188. The molecule has 1 saturated heterocycles. The third-order valence-corrected chi connectivity index (χ3v) is 5.01. The number of primary amides is 1. The lowest BCUT2D eigenvalue weighted by Gasteiger charge is -2.22. The monoisotopic (exact) mass is 435 g/mol. The summed E-state index contributed by atoms with van der Waals surface area (Å²) in [6, 6.07) is 13.3. The van der Waals surface area contributed by atoms with Gasteiger partial charge in [0.05, 0.1) is 12.6 Å². The fraction of sp³-hybridized carbons (Fsp3) is 0.364. The molecule has 3 N–H and O–H groups in total. The number of carbonyl (C=O) groups is 2. The largest absolute Gasteiger partial charge is 0.411 e. The molecule has 2 aromatic carbocycles. The summed E-state index contributed by atoms with van der Waals surface area (Å²) in [5.74, 6) is -0.662. The normalized spacial score (nSPS) is 16.9. The van der Waals surface area contributed by atoms with Crippen molar-refractivity contribution < 1.29 is 27.5 Å². The summed E-state index contributed by atoms with van der Waals surface area (Å²) in [5, 5.41) is 2.81. The van der Waals surface area contributed by atoms with E-state index in [1.54, 1.807) is 18.2 Å². The van der Waals surface area contributed by atoms with E-state index < -0.39 is 12.8 Å². The maximum atomic E-state index is 12.5. The van der Waals surface area contributed by atoms with Gasteiger partial charge in [-0.15, -0.1) is 0 Å². The molecule has 0 bridgehead atoms. The number of rotatable bonds is 8. The Morgan fingerprint density at radius 3 is 2.55 bits per heavy atom. The van der Waals surface area contributed by atoms with Gasteiger partial charge in [0, 0.05) is 17.8 Å². The Kier molecular flexibility index (Phi) is 7.29. The van der Waals surface area contributed by atoms with Crippen LogP contribution in [0.5, 0.6) is 0 Å². The van der Waals surface area contributed by atoms with E-state index in [0.717, 1.165) is 24.9 Å². The molecule has 2 aromatic rings. The number of hydrogen-bond donors (Lipinski definition) is 2. The molecule has 0 aromatic heterocycles. The maximum absolute atomic E-state index is 12.5. The predicted molar refractivity (Wildman–Crippen MR) is 109 cm³/mol. The van der Waals surface area contributed by atoms with Gasteiger partial charge >= 0.3 is 6.18 Å². The summed E-state index contributed by atoms with van der Waals surface area (Å²) < 4.78 is 41.0. The van der Waals surface area contributed by atoms with E-state index in [1.165, 1.54) is 12.1 Å². The van der Waals surface area contributed by atoms with E-state index in [0.29, 0.717) is 23.4 Å². The van der Waals surface area contributed by atoms with Crippen LogP contribution in [0, 0.1) is 0 Å². The Morgan fingerprint density at radius 2 is 1.87 bits per heavy atom. The molecule has 1 fully saturated rings. The van der Waals surface area contributed by atoms with Gasteiger partial charge in [-0.25, -0.2) is 0 Å². The molecule has 1 heterocycles. The average molecular weight is 435 g/mol. The number of nitrogens with two attached hydrogens (primary N) is 1. The summed E-state index contributed by atoms with van der Waals surface area (Å²) in [5.41, 5.74) is 7.93. The highest BCUT2D eigenvalue weighted by Gasteiger charge is 2.29. The highest BCUT2D eigenvalue weighted by atomic mass is 19.4. The van der Waals surface area contributed by atoms with E-state index in [-0.39, 0.29) is 24.5 Å². The lowest BCUT2D eigenvalue weighted by atomic mass is 10.1. The Morgan fingerprint density at radius 1 is 1.13 bits per heavy atom. The van der Waals surface area contributed by atoms with Crippen molar-refractivity contribution in [3.8, 4) is 0 Å². The number of benzene rings is 2. The van der Waals surface area contributed by atoms with E-state index in [1.807, 2.05) is 23.1 Å². The Hall–Kier alpha value is -2.91. The molecule has 1 atom stereocenters. The summed E-state index contributed by atoms with van der Waals surface area (Å²) in [6.07, 6.45) is -2.70. The van der Waals surface area contributed by atoms with Crippen LogP contribution < -0.4 is 11.1 Å². The van der Waals surface area contributed by atoms with Crippen molar-refractivity contribution in [2.75, 3.05) is 18.5 Å². The van der Waals surface area contributed by atoms with Crippen molar-refractivity contribution in [2.24, 2.45) is 5.73 Å². The van der Waals surface area contributed by atoms with Gasteiger partial charge in [-0.3, -0.25) is 14.5 Å². The molecule has 0 saturated carbocycles. The van der Waals surface area contributed by atoms with E-state index in [2.05, 4.69) is 10.1 Å². The highest BCUT2D eigenvalue weighted by molar-refractivity contribution is 6.04. The van der Waals surface area contributed by atoms with Crippen LogP contribution in [-0.4, -0.2) is 42.1 Å². The summed E-state index contributed by atoms with van der Waals surface area (Å²) >= 11 is 0. The average Bonchev–Trinajstić information content (AvgIpc) is 3.16. The number of alkyl halides is 3. The van der Waals surface area contributed by atoms with Gasteiger partial charge in [0.25, 0.3) is 5.91 Å². The van der Waals surface area contributed by atoms with Crippen molar-refractivity contribution in [3.05, 3.63) is 65.2 Å². The fourth-order valence-electron chi connectivity index (χ4n) is 3.56. The first-order valence-corrected chi connectivity index (χ1v) is 9.88. The summed E-state index contributed by atoms with van der Waals surface area (Å²) in [7, 11) is 0. The number of nitrogens with zero attached hydrogens (tertiary/aromatic N) is 1. The molecular weight excluding hydrogens is 411 g/mol. The zero-order valence-corrected chi connectivity index (χ0v) is 16.8. The number of carbonyl (C=O) groups excluding carboxylic acids is 2. The molecule has 1 unspecified atom stereocenters. The van der Waals surface area contributed by atoms with Gasteiger partial charge in [0.2, 0.25) is 5.91 Å². The molecule has 6 nitrogen and oxygen atoms in total. The Bertz CT molecular complexity index is 916. The van der Waals surface area contributed by atoms with Gasteiger partial charge in [-0.1, -0.05) is 24.3 Å². The van der Waals surface area contributed by atoms with Crippen LogP contribution in [0.25, 0.3) is 0 Å². The lowest BCUT2D eigenvalue weighted by Crippen LogP contribution is -2.39. The molecule has 9 heteroatoms. The molecule has 1 aliphatic heterocycles. The van der Waals surface area contributed by atoms with Crippen molar-refractivity contribution in [1.29, 1.82) is 0 Å². The van der Waals surface area contributed by atoms with Gasteiger partial charge in [-0.05, 0) is 54.8 Å². The topological polar surface area (TPSA) is 84.7 Å². The number of anilines is 1. The molecule has 0 aliphatic carbocycles. The molecular formula is C22H24F3N3O3. The quantitative estimate of drug-likeness (QED) is 0.665. The first-order valence-electron chi connectivity index (χ1n) is 9.88. The van der Waals surface area contributed by atoms with Gasteiger partial charge in [0.15, 0.2) is 0 Å². The zero-order chi connectivity index (χ0) is 22.4. The molecule has 166 valence electrons. The molecule has 0 spiro atoms. The second-order valence-corrected chi connectivity index (χ2v) is 7.49. The van der Waals surface area contributed by atoms with E-state index in [9.17, 15) is 22.8 Å². The number of likely N-dealkylation sites (tertiary alicyclic amines) is 1. The smallest absolute Gasteiger partial charge is 0.368 e. The van der Waals surface area contributed by atoms with Gasteiger partial charge in [0.1, 0.15) is 6.61 Å². The lowest BCUT2D eigenvalue weighted by molar-refractivity contribution is -0.176. The van der Waals surface area contributed by atoms with Crippen molar-refractivity contribution in [1.82, 2.24) is 4.90 Å². The van der Waals surface area contributed by atoms with Crippen LogP contribution in [0.4, 0.5) is 18.9 Å². The molecule has 31 heavy (non-hydrogen) atoms. The third-order valence-electron chi connectivity index (χ3n) is 5.01. The number of ether oxygens (including phenoxy) is 1. The van der Waals surface area contributed by atoms with Crippen LogP contribution in [-0.2, 0) is 22.7 Å². The Labute approximate surface area is 178 Å². The van der Waals surface area contributed by atoms with Crippen LogP contribution in [0.2, 0.25) is 0 Å². The van der Waals surface area contributed by atoms with Gasteiger partial charge in [-0.2, -0.15) is 13.2 Å². The third kappa shape index (κ3) is 6.80. The number of halogens is 3. The first kappa shape index (κ1) is 22.8. The predicted octanol–water partition coefficient (Wildman–Crippen LogP) is 3.47. The first-order chi connectivity index (χ1) is 14.7. The van der Waals surface area contributed by atoms with Crippen LogP contribution in [0.15, 0.2) is 48.5 Å². The van der Waals surface area contributed by atoms with Crippen molar-refractivity contribution >= 4 is 17.5 Å². The minimum Gasteiger partial charge on any atom is -0.368 e. The maximum Gasteiger partial charge on any atom is 0.411 e. The number of amides is 2. The number of nitrogens with one attached hydrogen (secondary N) is 1. The minimum atomic E-state index is -4.37. The molecule has 3 rings (SSSR count). The van der Waals surface area contributed by atoms with Crippen LogP contribution in [0.3, 0.4) is 0 Å². The standard InChI is InChI=1S/C22H24F3N3O3/c23-22(24,25)14-31-13-15-6-8-17(9-7-15)21(30)27-18-4-1-3-16(11-18)12-28-10-2-5-19(28)20(26)29/h1,3-4,6-9,11,19H,2,5,10,12-14H2,(H2,26,29)(H,27,30). The molecule has 2 amide bonds.